The normalized spacial score (nSPS) is 14.5. The Bertz CT molecular complexity index is 1110. The van der Waals surface area contributed by atoms with Crippen LogP contribution in [-0.4, -0.2) is 33.9 Å². The second-order valence-corrected chi connectivity index (χ2v) is 6.93. The number of piperidine rings is 1. The number of fused-ring (bicyclic) bond motifs is 1. The lowest BCUT2D eigenvalue weighted by Gasteiger charge is -2.26. The third kappa shape index (κ3) is 2.97. The molecule has 1 fully saturated rings. The summed E-state index contributed by atoms with van der Waals surface area (Å²) in [5.74, 6) is 1.28. The molecule has 6 heteroatoms. The molecule has 1 aliphatic rings. The highest BCUT2D eigenvalue weighted by atomic mass is 16.3. The number of furan rings is 2. The fraction of sp³-hybridized carbons (Fsp3) is 0.227. The molecule has 1 saturated heterocycles. The highest BCUT2D eigenvalue weighted by Crippen LogP contribution is 2.31. The van der Waals surface area contributed by atoms with Crippen LogP contribution in [0.1, 0.15) is 29.6 Å². The minimum absolute atomic E-state index is 0.0538. The van der Waals surface area contributed by atoms with Gasteiger partial charge in [0.1, 0.15) is 11.4 Å². The van der Waals surface area contributed by atoms with Crippen molar-refractivity contribution in [1.82, 2.24) is 14.9 Å². The van der Waals surface area contributed by atoms with E-state index in [-0.39, 0.29) is 5.91 Å². The maximum atomic E-state index is 12.9. The third-order valence-electron chi connectivity index (χ3n) is 5.06. The molecule has 5 rings (SSSR count). The van der Waals surface area contributed by atoms with Crippen molar-refractivity contribution in [3.05, 3.63) is 60.6 Å². The Hall–Kier alpha value is -3.41. The fourth-order valence-corrected chi connectivity index (χ4v) is 3.64. The van der Waals surface area contributed by atoms with Gasteiger partial charge < -0.3 is 13.7 Å². The predicted octanol–water partition coefficient (Wildman–Crippen LogP) is 4.78. The molecule has 0 radical (unpaired) electrons. The van der Waals surface area contributed by atoms with Crippen molar-refractivity contribution in [1.29, 1.82) is 0 Å². The number of rotatable bonds is 3. The Balaban J connectivity index is 1.61. The number of carbonyl (C=O) groups excluding carboxylic acids is 1. The van der Waals surface area contributed by atoms with E-state index >= 15 is 0 Å². The Morgan fingerprint density at radius 3 is 2.07 bits per heavy atom. The van der Waals surface area contributed by atoms with Crippen molar-refractivity contribution >= 4 is 16.9 Å². The number of likely N-dealkylation sites (tertiary alicyclic amines) is 1. The van der Waals surface area contributed by atoms with E-state index in [0.29, 0.717) is 39.5 Å². The fourth-order valence-electron chi connectivity index (χ4n) is 3.64. The molecule has 6 nitrogen and oxygen atoms in total. The summed E-state index contributed by atoms with van der Waals surface area (Å²) < 4.78 is 11.1. The largest absolute Gasteiger partial charge is 0.463 e. The van der Waals surface area contributed by atoms with Gasteiger partial charge in [-0.2, -0.15) is 0 Å². The molecule has 0 unspecified atom stereocenters. The highest BCUT2D eigenvalue weighted by molar-refractivity contribution is 5.98. The molecule has 4 heterocycles. The lowest BCUT2D eigenvalue weighted by molar-refractivity contribution is 0.0724. The van der Waals surface area contributed by atoms with Crippen LogP contribution in [0.5, 0.6) is 0 Å². The van der Waals surface area contributed by atoms with Crippen LogP contribution < -0.4 is 0 Å². The molecular weight excluding hydrogens is 354 g/mol. The first-order valence-electron chi connectivity index (χ1n) is 9.48. The first-order chi connectivity index (χ1) is 13.8. The van der Waals surface area contributed by atoms with Gasteiger partial charge in [0.05, 0.1) is 23.6 Å². The van der Waals surface area contributed by atoms with Gasteiger partial charge in [-0.25, -0.2) is 9.97 Å². The van der Waals surface area contributed by atoms with E-state index in [1.165, 1.54) is 6.42 Å². The van der Waals surface area contributed by atoms with Crippen molar-refractivity contribution in [3.8, 4) is 22.9 Å². The quantitative estimate of drug-likeness (QED) is 0.517. The van der Waals surface area contributed by atoms with E-state index in [9.17, 15) is 4.79 Å². The van der Waals surface area contributed by atoms with E-state index in [1.807, 2.05) is 47.4 Å². The summed E-state index contributed by atoms with van der Waals surface area (Å²) in [6, 6.07) is 12.8. The lowest BCUT2D eigenvalue weighted by Crippen LogP contribution is -2.35. The average molecular weight is 373 g/mol. The zero-order chi connectivity index (χ0) is 18.9. The first kappa shape index (κ1) is 16.7. The molecule has 1 aliphatic heterocycles. The standard InChI is InChI=1S/C22H19N3O3/c26-22(25-10-2-1-3-11-25)15-8-9-16-17(14-15)24-21(19-7-5-13-28-19)20(23-16)18-6-4-12-27-18/h4-9,12-14H,1-3,10-11H2. The van der Waals surface area contributed by atoms with Gasteiger partial charge in [-0.3, -0.25) is 4.79 Å². The van der Waals surface area contributed by atoms with Crippen LogP contribution in [0, 0.1) is 0 Å². The van der Waals surface area contributed by atoms with Gasteiger partial charge in [-0.05, 0) is 61.7 Å². The molecule has 140 valence electrons. The Labute approximate surface area is 161 Å². The first-order valence-corrected chi connectivity index (χ1v) is 9.48. The van der Waals surface area contributed by atoms with Crippen LogP contribution in [0.25, 0.3) is 33.9 Å². The Morgan fingerprint density at radius 1 is 0.821 bits per heavy atom. The van der Waals surface area contributed by atoms with Gasteiger partial charge in [-0.15, -0.1) is 0 Å². The maximum Gasteiger partial charge on any atom is 0.253 e. The third-order valence-corrected chi connectivity index (χ3v) is 5.06. The monoisotopic (exact) mass is 373 g/mol. The van der Waals surface area contributed by atoms with E-state index in [0.717, 1.165) is 25.9 Å². The molecular formula is C22H19N3O3. The summed E-state index contributed by atoms with van der Waals surface area (Å²) in [7, 11) is 0. The van der Waals surface area contributed by atoms with E-state index in [2.05, 4.69) is 0 Å². The summed E-state index contributed by atoms with van der Waals surface area (Å²) in [5, 5.41) is 0. The molecule has 3 aromatic heterocycles. The van der Waals surface area contributed by atoms with Gasteiger partial charge >= 0.3 is 0 Å². The van der Waals surface area contributed by atoms with Crippen LogP contribution in [0.3, 0.4) is 0 Å². The van der Waals surface area contributed by atoms with Crippen molar-refractivity contribution in [3.63, 3.8) is 0 Å². The number of nitrogens with zero attached hydrogens (tertiary/aromatic N) is 3. The molecule has 1 amide bonds. The van der Waals surface area contributed by atoms with E-state index in [4.69, 9.17) is 18.8 Å². The van der Waals surface area contributed by atoms with Gasteiger partial charge in [0.25, 0.3) is 5.91 Å². The average Bonchev–Trinajstić information content (AvgIpc) is 3.46. The summed E-state index contributed by atoms with van der Waals surface area (Å²) >= 11 is 0. The SMILES string of the molecule is O=C(c1ccc2nc(-c3ccco3)c(-c3ccco3)nc2c1)N1CCCCC1. The van der Waals surface area contributed by atoms with Gasteiger partial charge in [0.15, 0.2) is 11.5 Å². The van der Waals surface area contributed by atoms with Gasteiger partial charge in [0, 0.05) is 18.7 Å². The topological polar surface area (TPSA) is 72.4 Å². The lowest BCUT2D eigenvalue weighted by atomic mass is 10.1. The minimum Gasteiger partial charge on any atom is -0.463 e. The molecule has 0 saturated carbocycles. The zero-order valence-corrected chi connectivity index (χ0v) is 15.3. The smallest absolute Gasteiger partial charge is 0.253 e. The summed E-state index contributed by atoms with van der Waals surface area (Å²) in [6.07, 6.45) is 6.52. The number of carbonyl (C=O) groups is 1. The molecule has 1 aromatic carbocycles. The number of benzene rings is 1. The van der Waals surface area contributed by atoms with E-state index < -0.39 is 0 Å². The van der Waals surface area contributed by atoms with Crippen LogP contribution in [0.4, 0.5) is 0 Å². The van der Waals surface area contributed by atoms with Crippen LogP contribution in [0.15, 0.2) is 63.8 Å². The molecule has 0 N–H and O–H groups in total. The van der Waals surface area contributed by atoms with E-state index in [1.54, 1.807) is 12.5 Å². The second kappa shape index (κ2) is 6.96. The second-order valence-electron chi connectivity index (χ2n) is 6.93. The highest BCUT2D eigenvalue weighted by Gasteiger charge is 2.21. The summed E-state index contributed by atoms with van der Waals surface area (Å²) in [5.41, 5.74) is 3.21. The van der Waals surface area contributed by atoms with Crippen LogP contribution >= 0.6 is 0 Å². The predicted molar refractivity (Wildman–Crippen MR) is 105 cm³/mol. The van der Waals surface area contributed by atoms with Crippen molar-refractivity contribution in [2.24, 2.45) is 0 Å². The number of hydrogen-bond acceptors (Lipinski definition) is 5. The Morgan fingerprint density at radius 2 is 1.46 bits per heavy atom. The number of hydrogen-bond donors (Lipinski definition) is 0. The molecule has 28 heavy (non-hydrogen) atoms. The van der Waals surface area contributed by atoms with Gasteiger partial charge in [-0.1, -0.05) is 0 Å². The van der Waals surface area contributed by atoms with Crippen molar-refractivity contribution in [2.75, 3.05) is 13.1 Å². The minimum atomic E-state index is 0.0538. The summed E-state index contributed by atoms with van der Waals surface area (Å²) in [4.78, 5) is 24.3. The molecule has 4 aromatic rings. The molecule has 0 spiro atoms. The molecule has 0 atom stereocenters. The zero-order valence-electron chi connectivity index (χ0n) is 15.3. The maximum absolute atomic E-state index is 12.9. The van der Waals surface area contributed by atoms with Crippen LogP contribution in [0.2, 0.25) is 0 Å². The van der Waals surface area contributed by atoms with Gasteiger partial charge in [0.2, 0.25) is 0 Å². The molecule has 0 aliphatic carbocycles. The van der Waals surface area contributed by atoms with Crippen LogP contribution in [-0.2, 0) is 0 Å². The number of aromatic nitrogens is 2. The molecule has 0 bridgehead atoms. The Kier molecular flexibility index (Phi) is 4.16. The van der Waals surface area contributed by atoms with Crippen molar-refractivity contribution in [2.45, 2.75) is 19.3 Å². The van der Waals surface area contributed by atoms with Crippen molar-refractivity contribution < 1.29 is 13.6 Å². The number of amides is 1. The summed E-state index contributed by atoms with van der Waals surface area (Å²) in [6.45, 7) is 1.63.